The molecule has 1 N–H and O–H groups in total. The van der Waals surface area contributed by atoms with E-state index in [4.69, 9.17) is 4.74 Å². The lowest BCUT2D eigenvalue weighted by Gasteiger charge is -2.20. The molecule has 2 rings (SSSR count). The third kappa shape index (κ3) is 4.58. The minimum absolute atomic E-state index is 0.368. The average Bonchev–Trinajstić information content (AvgIpc) is 2.53. The van der Waals surface area contributed by atoms with Gasteiger partial charge >= 0.3 is 0 Å². The molecule has 0 aliphatic heterocycles. The first-order valence-electron chi connectivity index (χ1n) is 7.35. The first-order chi connectivity index (χ1) is 10.2. The molecule has 1 unspecified atom stereocenters. The Kier molecular flexibility index (Phi) is 6.27. The van der Waals surface area contributed by atoms with E-state index in [1.807, 2.05) is 12.1 Å². The lowest BCUT2D eigenvalue weighted by molar-refractivity contribution is 0.414. The van der Waals surface area contributed by atoms with E-state index in [2.05, 4.69) is 64.6 Å². The zero-order chi connectivity index (χ0) is 15.1. The molecule has 0 bridgehead atoms. The number of rotatable bonds is 7. The quantitative estimate of drug-likeness (QED) is 0.780. The van der Waals surface area contributed by atoms with Gasteiger partial charge in [-0.25, -0.2) is 0 Å². The van der Waals surface area contributed by atoms with Crippen LogP contribution in [0.3, 0.4) is 0 Å². The predicted octanol–water partition coefficient (Wildman–Crippen LogP) is 4.74. The van der Waals surface area contributed by atoms with Crippen LogP contribution in [0, 0.1) is 0 Å². The third-order valence-electron chi connectivity index (χ3n) is 3.61. The Morgan fingerprint density at radius 3 is 2.43 bits per heavy atom. The van der Waals surface area contributed by atoms with Crippen LogP contribution in [0.4, 0.5) is 0 Å². The molecule has 2 aromatic rings. The van der Waals surface area contributed by atoms with E-state index in [1.165, 1.54) is 15.6 Å². The molecular weight excluding hydrogens is 326 g/mol. The summed E-state index contributed by atoms with van der Waals surface area (Å²) in [7, 11) is 1.70. The highest BCUT2D eigenvalue weighted by Crippen LogP contribution is 2.26. The molecule has 2 nitrogen and oxygen atoms in total. The zero-order valence-corrected chi connectivity index (χ0v) is 14.2. The number of halogens is 1. The number of hydrogen-bond donors (Lipinski definition) is 1. The van der Waals surface area contributed by atoms with E-state index in [0.717, 1.165) is 25.1 Å². The van der Waals surface area contributed by atoms with E-state index in [0.29, 0.717) is 6.04 Å². The molecule has 2 aromatic carbocycles. The van der Waals surface area contributed by atoms with Crippen LogP contribution < -0.4 is 10.1 Å². The molecule has 0 saturated carbocycles. The molecule has 0 aromatic heterocycles. The second-order valence-electron chi connectivity index (χ2n) is 5.02. The molecule has 0 fully saturated rings. The molecular formula is C18H22BrNO. The Hall–Kier alpha value is -1.32. The van der Waals surface area contributed by atoms with Crippen molar-refractivity contribution in [2.45, 2.75) is 25.8 Å². The second kappa shape index (κ2) is 8.20. The van der Waals surface area contributed by atoms with Gasteiger partial charge in [0, 0.05) is 10.5 Å². The van der Waals surface area contributed by atoms with Crippen LogP contribution in [0.15, 0.2) is 53.0 Å². The number of nitrogens with one attached hydrogen (secondary N) is 1. The van der Waals surface area contributed by atoms with Gasteiger partial charge in [-0.15, -0.1) is 0 Å². The summed E-state index contributed by atoms with van der Waals surface area (Å²) in [5.74, 6) is 0.910. The third-order valence-corrected chi connectivity index (χ3v) is 4.33. The molecule has 1 atom stereocenters. The molecule has 0 spiro atoms. The first-order valence-corrected chi connectivity index (χ1v) is 8.14. The lowest BCUT2D eigenvalue weighted by Crippen LogP contribution is -2.21. The highest BCUT2D eigenvalue weighted by atomic mass is 79.9. The minimum atomic E-state index is 0.368. The molecule has 0 aliphatic rings. The normalized spacial score (nSPS) is 12.1. The summed E-state index contributed by atoms with van der Waals surface area (Å²) in [4.78, 5) is 0. The van der Waals surface area contributed by atoms with Crippen molar-refractivity contribution in [2.24, 2.45) is 0 Å². The standard InChI is InChI=1S/C18H22BrNO/c1-3-20-18(16-6-4-5-7-17(16)19)13-10-14-8-11-15(21-2)12-9-14/h4-9,11-12,18,20H,3,10,13H2,1-2H3. The van der Waals surface area contributed by atoms with E-state index < -0.39 is 0 Å². The number of benzene rings is 2. The Balaban J connectivity index is 2.04. The van der Waals surface area contributed by atoms with Crippen molar-refractivity contribution >= 4 is 15.9 Å². The summed E-state index contributed by atoms with van der Waals surface area (Å²) in [6.07, 6.45) is 2.12. The van der Waals surface area contributed by atoms with E-state index in [1.54, 1.807) is 7.11 Å². The van der Waals surface area contributed by atoms with Gasteiger partial charge in [-0.3, -0.25) is 0 Å². The van der Waals surface area contributed by atoms with Gasteiger partial charge in [0.25, 0.3) is 0 Å². The average molecular weight is 348 g/mol. The van der Waals surface area contributed by atoms with Crippen molar-refractivity contribution in [3.8, 4) is 5.75 Å². The number of hydrogen-bond acceptors (Lipinski definition) is 2. The second-order valence-corrected chi connectivity index (χ2v) is 5.87. The van der Waals surface area contributed by atoms with Gasteiger partial charge in [-0.1, -0.05) is 53.2 Å². The molecule has 0 radical (unpaired) electrons. The van der Waals surface area contributed by atoms with Crippen molar-refractivity contribution in [1.29, 1.82) is 0 Å². The summed E-state index contributed by atoms with van der Waals surface area (Å²) in [6.45, 7) is 3.12. The maximum Gasteiger partial charge on any atom is 0.118 e. The summed E-state index contributed by atoms with van der Waals surface area (Å²) in [6, 6.07) is 17.1. The zero-order valence-electron chi connectivity index (χ0n) is 12.6. The lowest BCUT2D eigenvalue weighted by atomic mass is 9.99. The van der Waals surface area contributed by atoms with Gasteiger partial charge in [0.15, 0.2) is 0 Å². The van der Waals surface area contributed by atoms with E-state index >= 15 is 0 Å². The highest BCUT2D eigenvalue weighted by molar-refractivity contribution is 9.10. The monoisotopic (exact) mass is 347 g/mol. The Morgan fingerprint density at radius 1 is 1.10 bits per heavy atom. The van der Waals surface area contributed by atoms with E-state index in [-0.39, 0.29) is 0 Å². The van der Waals surface area contributed by atoms with Gasteiger partial charge in [0.05, 0.1) is 7.11 Å². The molecule has 3 heteroatoms. The topological polar surface area (TPSA) is 21.3 Å². The van der Waals surface area contributed by atoms with Gasteiger partial charge < -0.3 is 10.1 Å². The molecule has 0 amide bonds. The fraction of sp³-hybridized carbons (Fsp3) is 0.333. The summed E-state index contributed by atoms with van der Waals surface area (Å²) < 4.78 is 6.37. The maximum atomic E-state index is 5.20. The van der Waals surface area contributed by atoms with Gasteiger partial charge in [-0.2, -0.15) is 0 Å². The summed E-state index contributed by atoms with van der Waals surface area (Å²) >= 11 is 3.66. The Bertz CT molecular complexity index is 553. The van der Waals surface area contributed by atoms with Crippen LogP contribution >= 0.6 is 15.9 Å². The number of aryl methyl sites for hydroxylation is 1. The molecule has 0 aliphatic carbocycles. The molecule has 21 heavy (non-hydrogen) atoms. The fourth-order valence-electron chi connectivity index (χ4n) is 2.47. The predicted molar refractivity (Wildman–Crippen MR) is 91.9 cm³/mol. The smallest absolute Gasteiger partial charge is 0.118 e. The molecule has 0 saturated heterocycles. The Morgan fingerprint density at radius 2 is 1.81 bits per heavy atom. The first kappa shape index (κ1) is 16.1. The van der Waals surface area contributed by atoms with Crippen molar-refractivity contribution in [2.75, 3.05) is 13.7 Å². The van der Waals surface area contributed by atoms with Crippen LogP contribution in [0.5, 0.6) is 5.75 Å². The summed E-state index contributed by atoms with van der Waals surface area (Å²) in [5.41, 5.74) is 2.67. The van der Waals surface area contributed by atoms with Crippen molar-refractivity contribution < 1.29 is 4.74 Å². The van der Waals surface area contributed by atoms with Crippen molar-refractivity contribution in [3.63, 3.8) is 0 Å². The molecule has 112 valence electrons. The van der Waals surface area contributed by atoms with Crippen molar-refractivity contribution in [1.82, 2.24) is 5.32 Å². The van der Waals surface area contributed by atoms with Crippen LogP contribution in [0.1, 0.15) is 30.5 Å². The molecule has 0 heterocycles. The minimum Gasteiger partial charge on any atom is -0.497 e. The van der Waals surface area contributed by atoms with Gasteiger partial charge in [0.2, 0.25) is 0 Å². The maximum absolute atomic E-state index is 5.20. The van der Waals surface area contributed by atoms with Crippen LogP contribution in [0.2, 0.25) is 0 Å². The van der Waals surface area contributed by atoms with Gasteiger partial charge in [0.1, 0.15) is 5.75 Å². The number of ether oxygens (including phenoxy) is 1. The fourth-order valence-corrected chi connectivity index (χ4v) is 3.04. The number of methoxy groups -OCH3 is 1. The van der Waals surface area contributed by atoms with Crippen molar-refractivity contribution in [3.05, 3.63) is 64.1 Å². The van der Waals surface area contributed by atoms with Gasteiger partial charge in [-0.05, 0) is 48.7 Å². The van der Waals surface area contributed by atoms with Crippen LogP contribution in [-0.2, 0) is 6.42 Å². The summed E-state index contributed by atoms with van der Waals surface area (Å²) in [5, 5.41) is 3.58. The SMILES string of the molecule is CCNC(CCc1ccc(OC)cc1)c1ccccc1Br. The van der Waals surface area contributed by atoms with Crippen LogP contribution in [0.25, 0.3) is 0 Å². The largest absolute Gasteiger partial charge is 0.497 e. The van der Waals surface area contributed by atoms with E-state index in [9.17, 15) is 0 Å². The highest BCUT2D eigenvalue weighted by Gasteiger charge is 2.13. The van der Waals surface area contributed by atoms with Crippen LogP contribution in [-0.4, -0.2) is 13.7 Å². The Labute approximate surface area is 135 Å².